The van der Waals surface area contributed by atoms with Crippen LogP contribution in [-0.4, -0.2) is 0 Å². The lowest BCUT2D eigenvalue weighted by molar-refractivity contribution is 0.420. The normalized spacial score (nSPS) is 20.8. The Morgan fingerprint density at radius 1 is 0.491 bits per heavy atom. The van der Waals surface area contributed by atoms with Crippen LogP contribution in [0.15, 0.2) is 152 Å². The lowest BCUT2D eigenvalue weighted by atomic mass is 9.78. The lowest BCUT2D eigenvalue weighted by Crippen LogP contribution is -2.17. The van der Waals surface area contributed by atoms with Crippen molar-refractivity contribution in [2.45, 2.75) is 88.9 Å². The van der Waals surface area contributed by atoms with Gasteiger partial charge in [0, 0.05) is 22.5 Å². The fourth-order valence-electron chi connectivity index (χ4n) is 11.9. The van der Waals surface area contributed by atoms with Gasteiger partial charge in [-0.05, 0) is 165 Å². The summed E-state index contributed by atoms with van der Waals surface area (Å²) in [6.45, 7) is 4.86. The molecule has 0 aliphatic heterocycles. The molecule has 3 unspecified atom stereocenters. The number of benzene rings is 7. The number of hydrogen-bond donors (Lipinski definition) is 0. The zero-order chi connectivity index (χ0) is 38.1. The van der Waals surface area contributed by atoms with Crippen LogP contribution in [0, 0.1) is 11.8 Å². The third kappa shape index (κ3) is 5.96. The number of fused-ring (bicyclic) bond motifs is 6. The van der Waals surface area contributed by atoms with Gasteiger partial charge >= 0.3 is 0 Å². The first-order valence-electron chi connectivity index (χ1n) is 21.9. The molecule has 7 aromatic carbocycles. The first-order chi connectivity index (χ1) is 28.0. The van der Waals surface area contributed by atoms with Crippen molar-refractivity contribution in [3.8, 4) is 33.4 Å². The molecule has 1 heteroatoms. The second-order valence-corrected chi connectivity index (χ2v) is 18.3. The minimum atomic E-state index is -0.174. The Kier molecular flexibility index (Phi) is 8.50. The predicted octanol–water partition coefficient (Wildman–Crippen LogP) is 15.9. The maximum Gasteiger partial charge on any atom is 0.0465 e. The molecule has 11 rings (SSSR count). The van der Waals surface area contributed by atoms with Crippen LogP contribution in [0.2, 0.25) is 0 Å². The van der Waals surface area contributed by atoms with Crippen LogP contribution in [0.3, 0.4) is 0 Å². The van der Waals surface area contributed by atoms with Crippen LogP contribution in [0.4, 0.5) is 17.1 Å². The van der Waals surface area contributed by atoms with Gasteiger partial charge in [-0.25, -0.2) is 0 Å². The molecule has 0 saturated heterocycles. The summed E-state index contributed by atoms with van der Waals surface area (Å²) in [5.41, 5.74) is 17.4. The van der Waals surface area contributed by atoms with E-state index in [-0.39, 0.29) is 5.41 Å². The Bertz CT molecular complexity index is 2600. The molecule has 1 nitrogen and oxygen atoms in total. The van der Waals surface area contributed by atoms with E-state index in [0.29, 0.717) is 5.92 Å². The van der Waals surface area contributed by atoms with Crippen LogP contribution in [0.5, 0.6) is 0 Å². The van der Waals surface area contributed by atoms with Gasteiger partial charge in [0.25, 0.3) is 0 Å². The standard InChI is InChI=1S/C56H53N/c1-56(2)54-36-47(31-32-51(54)52-18-10-17-50(55(52)56)44-22-21-38-11-6-7-14-42(38)35-44)57(46-29-25-41(26-30-46)53-34-37-19-20-43(53)33-37)45-27-23-40(24-28-45)49-16-9-8-15-48(49)39-12-4-3-5-13-39/h6-11,14-18,21-32,35-37,39,43,53H,3-5,12-13,19-20,33-34H2,1-2H3. The molecule has 57 heavy (non-hydrogen) atoms. The molecule has 4 aliphatic carbocycles. The lowest BCUT2D eigenvalue weighted by Gasteiger charge is -2.29. The average molecular weight is 740 g/mol. The molecule has 0 heterocycles. The van der Waals surface area contributed by atoms with Crippen molar-refractivity contribution < 1.29 is 0 Å². The topological polar surface area (TPSA) is 3.24 Å². The van der Waals surface area contributed by atoms with E-state index in [1.165, 1.54) is 141 Å². The molecule has 0 radical (unpaired) electrons. The van der Waals surface area contributed by atoms with Crippen LogP contribution in [0.1, 0.15) is 106 Å². The molecule has 2 bridgehead atoms. The summed E-state index contributed by atoms with van der Waals surface area (Å²) in [5.74, 6) is 3.21. The Balaban J connectivity index is 0.992. The molecule has 3 fully saturated rings. The number of nitrogens with zero attached hydrogens (tertiary/aromatic N) is 1. The molecule has 0 spiro atoms. The quantitative estimate of drug-likeness (QED) is 0.157. The minimum Gasteiger partial charge on any atom is -0.310 e. The summed E-state index contributed by atoms with van der Waals surface area (Å²) in [6, 6.07) is 58.2. The van der Waals surface area contributed by atoms with E-state index in [0.717, 1.165) is 17.8 Å². The third-order valence-electron chi connectivity index (χ3n) is 14.7. The zero-order valence-electron chi connectivity index (χ0n) is 33.6. The molecular formula is C56H53N. The summed E-state index contributed by atoms with van der Waals surface area (Å²) in [7, 11) is 0. The first-order valence-corrected chi connectivity index (χ1v) is 21.9. The molecule has 0 amide bonds. The fraction of sp³-hybridized carbons (Fsp3) is 0.286. The summed E-state index contributed by atoms with van der Waals surface area (Å²) in [4.78, 5) is 2.50. The highest BCUT2D eigenvalue weighted by Gasteiger charge is 2.40. The molecule has 3 atom stereocenters. The van der Waals surface area contributed by atoms with E-state index in [4.69, 9.17) is 0 Å². The molecule has 282 valence electrons. The van der Waals surface area contributed by atoms with Crippen LogP contribution in [0.25, 0.3) is 44.2 Å². The Morgan fingerprint density at radius 3 is 1.95 bits per heavy atom. The Labute approximate surface area is 339 Å². The van der Waals surface area contributed by atoms with Crippen molar-refractivity contribution in [2.75, 3.05) is 4.90 Å². The van der Waals surface area contributed by atoms with E-state index in [2.05, 4.69) is 170 Å². The van der Waals surface area contributed by atoms with Crippen molar-refractivity contribution >= 4 is 27.8 Å². The first kappa shape index (κ1) is 34.8. The van der Waals surface area contributed by atoms with E-state index >= 15 is 0 Å². The number of hydrogen-bond acceptors (Lipinski definition) is 1. The van der Waals surface area contributed by atoms with Crippen LogP contribution in [-0.2, 0) is 5.41 Å². The zero-order valence-corrected chi connectivity index (χ0v) is 33.6. The largest absolute Gasteiger partial charge is 0.310 e. The van der Waals surface area contributed by atoms with Crippen molar-refractivity contribution in [2.24, 2.45) is 11.8 Å². The van der Waals surface area contributed by atoms with Gasteiger partial charge in [0.1, 0.15) is 0 Å². The predicted molar refractivity (Wildman–Crippen MR) is 241 cm³/mol. The average Bonchev–Trinajstić information content (AvgIpc) is 3.97. The second-order valence-electron chi connectivity index (χ2n) is 18.3. The van der Waals surface area contributed by atoms with Gasteiger partial charge in [-0.15, -0.1) is 0 Å². The van der Waals surface area contributed by atoms with E-state index in [9.17, 15) is 0 Å². The summed E-state index contributed by atoms with van der Waals surface area (Å²) < 4.78 is 0. The van der Waals surface area contributed by atoms with Crippen LogP contribution >= 0.6 is 0 Å². The molecule has 0 N–H and O–H groups in total. The molecular weight excluding hydrogens is 687 g/mol. The highest BCUT2D eigenvalue weighted by Crippen LogP contribution is 2.55. The van der Waals surface area contributed by atoms with E-state index in [1.807, 2.05) is 0 Å². The molecule has 7 aromatic rings. The van der Waals surface area contributed by atoms with Gasteiger partial charge in [0.05, 0.1) is 0 Å². The summed E-state index contributed by atoms with van der Waals surface area (Å²) in [6.07, 6.45) is 12.4. The van der Waals surface area contributed by atoms with E-state index < -0.39 is 0 Å². The second kappa shape index (κ2) is 13.9. The number of anilines is 3. The highest BCUT2D eigenvalue weighted by molar-refractivity contribution is 5.93. The highest BCUT2D eigenvalue weighted by atomic mass is 15.1. The van der Waals surface area contributed by atoms with Gasteiger partial charge in [0.15, 0.2) is 0 Å². The van der Waals surface area contributed by atoms with Crippen LogP contribution < -0.4 is 4.90 Å². The maximum absolute atomic E-state index is 2.50. The van der Waals surface area contributed by atoms with Gasteiger partial charge in [0.2, 0.25) is 0 Å². The van der Waals surface area contributed by atoms with Gasteiger partial charge in [-0.3, -0.25) is 0 Å². The minimum absolute atomic E-state index is 0.174. The fourth-order valence-corrected chi connectivity index (χ4v) is 11.9. The number of rotatable bonds is 7. The Morgan fingerprint density at radius 2 is 1.18 bits per heavy atom. The van der Waals surface area contributed by atoms with Gasteiger partial charge in [-0.1, -0.05) is 149 Å². The maximum atomic E-state index is 2.50. The molecule has 3 saturated carbocycles. The van der Waals surface area contributed by atoms with Crippen molar-refractivity contribution in [3.63, 3.8) is 0 Å². The van der Waals surface area contributed by atoms with Gasteiger partial charge in [-0.2, -0.15) is 0 Å². The Hall–Kier alpha value is -5.40. The van der Waals surface area contributed by atoms with Gasteiger partial charge < -0.3 is 4.90 Å². The van der Waals surface area contributed by atoms with Crippen molar-refractivity contribution in [1.82, 2.24) is 0 Å². The smallest absolute Gasteiger partial charge is 0.0465 e. The SMILES string of the molecule is CC1(C)c2cc(N(c3ccc(-c4ccccc4C4CCCCC4)cc3)c3ccc(C4CC5CCC4C5)cc3)ccc2-c2cccc(-c3ccc4ccccc4c3)c21. The van der Waals surface area contributed by atoms with E-state index in [1.54, 1.807) is 0 Å². The molecule has 0 aromatic heterocycles. The molecule has 4 aliphatic rings. The monoisotopic (exact) mass is 739 g/mol. The van der Waals surface area contributed by atoms with Crippen molar-refractivity contribution in [3.05, 3.63) is 174 Å². The third-order valence-corrected chi connectivity index (χ3v) is 14.7. The summed E-state index contributed by atoms with van der Waals surface area (Å²) >= 11 is 0. The van der Waals surface area contributed by atoms with Crippen molar-refractivity contribution in [1.29, 1.82) is 0 Å². The summed E-state index contributed by atoms with van der Waals surface area (Å²) in [5, 5.41) is 2.57.